The predicted molar refractivity (Wildman–Crippen MR) is 205 cm³/mol. The molecule has 260 valence electrons. The van der Waals surface area contributed by atoms with Crippen LogP contribution in [0.4, 0.5) is 45.5 Å². The van der Waals surface area contributed by atoms with Crippen LogP contribution in [0.5, 0.6) is 23.0 Å². The second-order valence-electron chi connectivity index (χ2n) is 11.8. The maximum absolute atomic E-state index is 15.2. The normalized spacial score (nSPS) is 11.5. The minimum Gasteiger partial charge on any atom is -0.495 e. The minimum absolute atomic E-state index is 0.195. The van der Waals surface area contributed by atoms with Gasteiger partial charge in [-0.25, -0.2) is 0 Å². The fourth-order valence-corrected chi connectivity index (χ4v) is 6.39. The van der Waals surface area contributed by atoms with Crippen molar-refractivity contribution in [3.05, 3.63) is 144 Å². The summed E-state index contributed by atoms with van der Waals surface area (Å²) in [6.45, 7) is 0. The van der Waals surface area contributed by atoms with Gasteiger partial charge in [-0.3, -0.25) is 9.59 Å². The SMILES string of the molecule is COc1ccccc1Nc1ccc(Nc2ccccc2OC)c2c1C(=O)c1c(Nc3ccccc3OC)ccc(Nc3ccccc3OC)c1C2=O. The summed E-state index contributed by atoms with van der Waals surface area (Å²) in [4.78, 5) is 30.5. The van der Waals surface area contributed by atoms with Crippen molar-refractivity contribution in [2.75, 3.05) is 49.7 Å². The lowest BCUT2D eigenvalue weighted by molar-refractivity contribution is 0.0981. The molecule has 0 saturated carbocycles. The molecule has 0 radical (unpaired) electrons. The van der Waals surface area contributed by atoms with E-state index in [2.05, 4.69) is 21.3 Å². The van der Waals surface area contributed by atoms with Crippen LogP contribution in [-0.4, -0.2) is 40.0 Å². The Hall–Kier alpha value is -6.94. The van der Waals surface area contributed by atoms with Crippen molar-refractivity contribution in [1.29, 1.82) is 0 Å². The summed E-state index contributed by atoms with van der Waals surface area (Å²) < 4.78 is 22.4. The topological polar surface area (TPSA) is 119 Å². The summed E-state index contributed by atoms with van der Waals surface area (Å²) in [5.74, 6) is 1.56. The molecule has 0 spiro atoms. The molecular formula is C42H36N4O6. The Labute approximate surface area is 301 Å². The first-order valence-corrected chi connectivity index (χ1v) is 16.5. The average Bonchev–Trinajstić information content (AvgIpc) is 3.18. The third kappa shape index (κ3) is 6.18. The van der Waals surface area contributed by atoms with Crippen molar-refractivity contribution in [1.82, 2.24) is 0 Å². The number of methoxy groups -OCH3 is 4. The molecule has 52 heavy (non-hydrogen) atoms. The van der Waals surface area contributed by atoms with Gasteiger partial charge in [-0.1, -0.05) is 48.5 Å². The number of hydrogen-bond donors (Lipinski definition) is 4. The Kier molecular flexibility index (Phi) is 9.36. The monoisotopic (exact) mass is 692 g/mol. The predicted octanol–water partition coefficient (Wildman–Crippen LogP) is 9.47. The number of nitrogens with one attached hydrogen (secondary N) is 4. The number of ketones is 2. The molecule has 1 aliphatic rings. The highest BCUT2D eigenvalue weighted by molar-refractivity contribution is 6.35. The number of anilines is 8. The van der Waals surface area contributed by atoms with Gasteiger partial charge in [0.1, 0.15) is 23.0 Å². The molecule has 10 heteroatoms. The summed E-state index contributed by atoms with van der Waals surface area (Å²) in [5, 5.41) is 13.5. The number of hydrogen-bond acceptors (Lipinski definition) is 10. The largest absolute Gasteiger partial charge is 0.495 e. The van der Waals surface area contributed by atoms with Gasteiger partial charge >= 0.3 is 0 Å². The van der Waals surface area contributed by atoms with E-state index in [1.54, 1.807) is 52.7 Å². The summed E-state index contributed by atoms with van der Waals surface area (Å²) in [7, 11) is 6.31. The highest BCUT2D eigenvalue weighted by Gasteiger charge is 2.38. The van der Waals surface area contributed by atoms with Gasteiger partial charge in [-0.05, 0) is 72.8 Å². The van der Waals surface area contributed by atoms with Crippen LogP contribution in [-0.2, 0) is 0 Å². The Morgan fingerprint density at radius 1 is 0.308 bits per heavy atom. The lowest BCUT2D eigenvalue weighted by Crippen LogP contribution is -2.26. The van der Waals surface area contributed by atoms with Gasteiger partial charge in [-0.15, -0.1) is 0 Å². The van der Waals surface area contributed by atoms with E-state index >= 15 is 9.59 Å². The molecule has 7 rings (SSSR count). The van der Waals surface area contributed by atoms with Crippen molar-refractivity contribution < 1.29 is 28.5 Å². The summed E-state index contributed by atoms with van der Waals surface area (Å²) in [5.41, 5.74) is 5.01. The molecule has 6 aromatic carbocycles. The fourth-order valence-electron chi connectivity index (χ4n) is 6.39. The zero-order valence-electron chi connectivity index (χ0n) is 29.0. The molecule has 0 bridgehead atoms. The van der Waals surface area contributed by atoms with Crippen LogP contribution in [0.2, 0.25) is 0 Å². The molecule has 0 amide bonds. The Balaban J connectivity index is 1.46. The molecule has 6 aromatic rings. The molecule has 0 fully saturated rings. The van der Waals surface area contributed by atoms with Crippen molar-refractivity contribution in [2.45, 2.75) is 0 Å². The van der Waals surface area contributed by atoms with Crippen LogP contribution in [0.1, 0.15) is 31.8 Å². The first-order valence-electron chi connectivity index (χ1n) is 16.5. The first kappa shape index (κ1) is 33.6. The lowest BCUT2D eigenvalue weighted by atomic mass is 9.80. The van der Waals surface area contributed by atoms with Crippen molar-refractivity contribution in [3.8, 4) is 23.0 Å². The second-order valence-corrected chi connectivity index (χ2v) is 11.8. The summed E-state index contributed by atoms with van der Waals surface area (Å²) in [6.07, 6.45) is 0. The van der Waals surface area contributed by atoms with Gasteiger partial charge in [0.05, 0.1) is 96.2 Å². The number of carbonyl (C=O) groups excluding carboxylic acids is 2. The molecule has 10 nitrogen and oxygen atoms in total. The highest BCUT2D eigenvalue weighted by atomic mass is 16.5. The van der Waals surface area contributed by atoms with E-state index in [9.17, 15) is 0 Å². The zero-order chi connectivity index (χ0) is 36.2. The quantitative estimate of drug-likeness (QED) is 0.0986. The summed E-state index contributed by atoms with van der Waals surface area (Å²) >= 11 is 0. The van der Waals surface area contributed by atoms with Crippen LogP contribution in [0.25, 0.3) is 0 Å². The highest BCUT2D eigenvalue weighted by Crippen LogP contribution is 2.46. The first-order chi connectivity index (χ1) is 25.4. The van der Waals surface area contributed by atoms with Gasteiger partial charge in [0.2, 0.25) is 0 Å². The Bertz CT molecular complexity index is 2000. The number of benzene rings is 6. The van der Waals surface area contributed by atoms with Crippen LogP contribution in [0.15, 0.2) is 121 Å². The maximum atomic E-state index is 15.2. The molecule has 0 aliphatic heterocycles. The van der Waals surface area contributed by atoms with Gasteiger partial charge < -0.3 is 40.2 Å². The third-order valence-corrected chi connectivity index (χ3v) is 8.82. The van der Waals surface area contributed by atoms with E-state index in [4.69, 9.17) is 18.9 Å². The minimum atomic E-state index is -0.369. The van der Waals surface area contributed by atoms with Crippen LogP contribution in [0, 0.1) is 0 Å². The zero-order valence-corrected chi connectivity index (χ0v) is 29.0. The number of para-hydroxylation sites is 8. The molecule has 1 aliphatic carbocycles. The average molecular weight is 693 g/mol. The van der Waals surface area contributed by atoms with E-state index in [1.165, 1.54) is 0 Å². The van der Waals surface area contributed by atoms with Gasteiger partial charge in [-0.2, -0.15) is 0 Å². The fraction of sp³-hybridized carbons (Fsp3) is 0.0952. The van der Waals surface area contributed by atoms with E-state index in [-0.39, 0.29) is 33.8 Å². The standard InChI is InChI=1S/C42H36N4O6/c1-49-33-17-9-5-13-25(33)43-29-21-22-30(44-26-14-6-10-18-34(26)50-2)38-37(29)41(47)39-31(45-27-15-7-11-19-35(27)51-3)23-24-32(40(39)42(38)48)46-28-16-8-12-20-36(28)52-4/h5-24,43-46H,1-4H3. The summed E-state index contributed by atoms with van der Waals surface area (Å²) in [6, 6.07) is 36.7. The van der Waals surface area contributed by atoms with Gasteiger partial charge in [0.25, 0.3) is 0 Å². The van der Waals surface area contributed by atoms with Crippen molar-refractivity contribution >= 4 is 57.1 Å². The molecule has 0 heterocycles. The molecule has 0 aromatic heterocycles. The molecular weight excluding hydrogens is 656 g/mol. The van der Waals surface area contributed by atoms with E-state index in [0.29, 0.717) is 68.5 Å². The molecule has 0 unspecified atom stereocenters. The van der Waals surface area contributed by atoms with Crippen LogP contribution in [0.3, 0.4) is 0 Å². The third-order valence-electron chi connectivity index (χ3n) is 8.82. The van der Waals surface area contributed by atoms with Crippen molar-refractivity contribution in [3.63, 3.8) is 0 Å². The Morgan fingerprint density at radius 3 is 0.731 bits per heavy atom. The second kappa shape index (κ2) is 14.5. The smallest absolute Gasteiger partial charge is 0.198 e. The van der Waals surface area contributed by atoms with E-state index < -0.39 is 0 Å². The number of rotatable bonds is 12. The van der Waals surface area contributed by atoms with E-state index in [0.717, 1.165) is 0 Å². The molecule has 0 saturated heterocycles. The van der Waals surface area contributed by atoms with Crippen LogP contribution >= 0.6 is 0 Å². The Morgan fingerprint density at radius 2 is 0.519 bits per heavy atom. The number of carbonyl (C=O) groups is 2. The maximum Gasteiger partial charge on any atom is 0.198 e. The molecule has 0 atom stereocenters. The lowest BCUT2D eigenvalue weighted by Gasteiger charge is -2.28. The van der Waals surface area contributed by atoms with Gasteiger partial charge in [0.15, 0.2) is 11.6 Å². The van der Waals surface area contributed by atoms with Crippen molar-refractivity contribution in [2.24, 2.45) is 0 Å². The van der Waals surface area contributed by atoms with Crippen LogP contribution < -0.4 is 40.2 Å². The number of fused-ring (bicyclic) bond motifs is 2. The van der Waals surface area contributed by atoms with E-state index in [1.807, 2.05) is 97.1 Å². The number of ether oxygens (including phenoxy) is 4. The molecule has 4 N–H and O–H groups in total. The van der Waals surface area contributed by atoms with Gasteiger partial charge in [0, 0.05) is 0 Å².